The second-order valence-corrected chi connectivity index (χ2v) is 2.60. The predicted molar refractivity (Wildman–Crippen MR) is 49.9 cm³/mol. The maximum absolute atomic E-state index is 3.88. The van der Waals surface area contributed by atoms with Crippen molar-refractivity contribution in [3.05, 3.63) is 35.1 Å². The zero-order valence-corrected chi connectivity index (χ0v) is 7.08. The molecular formula is C7H10S2. The van der Waals surface area contributed by atoms with Crippen molar-refractivity contribution in [2.45, 2.75) is 0 Å². The summed E-state index contributed by atoms with van der Waals surface area (Å²) in [5, 5.41) is 1.68. The van der Waals surface area contributed by atoms with Crippen molar-refractivity contribution in [1.29, 1.82) is 0 Å². The highest BCUT2D eigenvalue weighted by Gasteiger charge is 1.76. The van der Waals surface area contributed by atoms with Crippen LogP contribution in [-0.4, -0.2) is 6.26 Å². The molecule has 0 unspecified atom stereocenters. The van der Waals surface area contributed by atoms with Gasteiger partial charge in [-0.25, -0.2) is 0 Å². The molecule has 0 aliphatic heterocycles. The number of hydrogen-bond donors (Lipinski definition) is 1. The second kappa shape index (κ2) is 6.05. The van der Waals surface area contributed by atoms with Gasteiger partial charge in [-0.2, -0.15) is 12.6 Å². The number of thioether (sulfide) groups is 1. The van der Waals surface area contributed by atoms with Gasteiger partial charge in [0, 0.05) is 0 Å². The van der Waals surface area contributed by atoms with E-state index in [1.807, 2.05) is 24.5 Å². The van der Waals surface area contributed by atoms with Crippen LogP contribution in [0.5, 0.6) is 0 Å². The second-order valence-electron chi connectivity index (χ2n) is 1.37. The lowest BCUT2D eigenvalue weighted by Gasteiger charge is -1.86. The quantitative estimate of drug-likeness (QED) is 0.487. The summed E-state index contributed by atoms with van der Waals surface area (Å²) in [6.45, 7) is 3.76. The Morgan fingerprint density at radius 3 is 2.67 bits per heavy atom. The largest absolute Gasteiger partial charge is 0.151 e. The molecule has 2 heteroatoms. The first kappa shape index (κ1) is 8.92. The molecule has 0 spiro atoms. The van der Waals surface area contributed by atoms with E-state index in [0.29, 0.717) is 0 Å². The molecule has 0 radical (unpaired) electrons. The summed E-state index contributed by atoms with van der Waals surface area (Å²) in [6, 6.07) is 0. The fourth-order valence-corrected chi connectivity index (χ4v) is 0.595. The first-order valence-electron chi connectivity index (χ1n) is 2.51. The highest BCUT2D eigenvalue weighted by atomic mass is 32.2. The van der Waals surface area contributed by atoms with E-state index >= 15 is 0 Å². The lowest BCUT2D eigenvalue weighted by molar-refractivity contribution is 1.92. The summed E-state index contributed by atoms with van der Waals surface area (Å²) >= 11 is 5.52. The van der Waals surface area contributed by atoms with Crippen LogP contribution in [0, 0.1) is 0 Å². The van der Waals surface area contributed by atoms with Gasteiger partial charge in [0.15, 0.2) is 0 Å². The van der Waals surface area contributed by atoms with Crippen molar-refractivity contribution >= 4 is 24.4 Å². The average molecular weight is 158 g/mol. The molecule has 0 fully saturated rings. The molecule has 0 amide bonds. The normalized spacial score (nSPS) is 11.3. The van der Waals surface area contributed by atoms with Crippen LogP contribution in [0.4, 0.5) is 0 Å². The number of rotatable bonds is 3. The average Bonchev–Trinajstić information content (AvgIpc) is 1.89. The molecule has 0 atom stereocenters. The maximum atomic E-state index is 3.88. The molecule has 0 saturated carbocycles. The molecule has 0 N–H and O–H groups in total. The molecule has 0 heterocycles. The van der Waals surface area contributed by atoms with Crippen molar-refractivity contribution in [1.82, 2.24) is 0 Å². The van der Waals surface area contributed by atoms with Crippen LogP contribution in [-0.2, 0) is 0 Å². The minimum Gasteiger partial charge on any atom is -0.151 e. The Kier molecular flexibility index (Phi) is 5.99. The Morgan fingerprint density at radius 2 is 2.22 bits per heavy atom. The van der Waals surface area contributed by atoms with E-state index in [0.717, 1.165) is 4.91 Å². The van der Waals surface area contributed by atoms with Crippen LogP contribution in [0.25, 0.3) is 0 Å². The van der Waals surface area contributed by atoms with Gasteiger partial charge in [0.1, 0.15) is 0 Å². The highest BCUT2D eigenvalue weighted by molar-refractivity contribution is 8.02. The van der Waals surface area contributed by atoms with Crippen LogP contribution in [0.3, 0.4) is 0 Å². The highest BCUT2D eigenvalue weighted by Crippen LogP contribution is 2.08. The molecule has 0 aromatic carbocycles. The van der Waals surface area contributed by atoms with Gasteiger partial charge in [-0.05, 0) is 22.6 Å². The molecule has 9 heavy (non-hydrogen) atoms. The molecule has 0 aromatic rings. The summed E-state index contributed by atoms with van der Waals surface area (Å²) in [5.74, 6) is 0. The summed E-state index contributed by atoms with van der Waals surface area (Å²) < 4.78 is 0. The van der Waals surface area contributed by atoms with Crippen LogP contribution in [0.1, 0.15) is 0 Å². The standard InChI is InChI=1S/C7H10S2/c1-7(9-2)5-3-4-6-8/h3-6,8H,1H2,2H3/b5-3+,6-4-. The first-order valence-corrected chi connectivity index (χ1v) is 4.25. The van der Waals surface area contributed by atoms with Gasteiger partial charge < -0.3 is 0 Å². The third kappa shape index (κ3) is 5.80. The van der Waals surface area contributed by atoms with Crippen molar-refractivity contribution in [2.24, 2.45) is 0 Å². The molecule has 0 bridgehead atoms. The van der Waals surface area contributed by atoms with E-state index in [2.05, 4.69) is 19.2 Å². The maximum Gasteiger partial charge on any atom is -0.000285 e. The van der Waals surface area contributed by atoms with Crippen molar-refractivity contribution in [2.75, 3.05) is 6.26 Å². The lowest BCUT2D eigenvalue weighted by Crippen LogP contribution is -1.59. The molecule has 50 valence electrons. The Bertz CT molecular complexity index is 134. The Balaban J connectivity index is 3.57. The van der Waals surface area contributed by atoms with Gasteiger partial charge in [0.05, 0.1) is 0 Å². The predicted octanol–water partition coefficient (Wildman–Crippen LogP) is 2.86. The fourth-order valence-electron chi connectivity index (χ4n) is 0.281. The van der Waals surface area contributed by atoms with Crippen LogP contribution >= 0.6 is 24.4 Å². The number of thiol groups is 1. The van der Waals surface area contributed by atoms with Crippen molar-refractivity contribution in [3.63, 3.8) is 0 Å². The third-order valence-electron chi connectivity index (χ3n) is 0.741. The molecule has 0 aliphatic rings. The minimum atomic E-state index is 1.06. The smallest absolute Gasteiger partial charge is 0.000285 e. The van der Waals surface area contributed by atoms with Crippen LogP contribution in [0.2, 0.25) is 0 Å². The summed E-state index contributed by atoms with van der Waals surface area (Å²) in [5.41, 5.74) is 0. The van der Waals surface area contributed by atoms with E-state index in [4.69, 9.17) is 0 Å². The Labute approximate surface area is 66.1 Å². The van der Waals surface area contributed by atoms with Gasteiger partial charge in [-0.15, -0.1) is 11.8 Å². The third-order valence-corrected chi connectivity index (χ3v) is 1.57. The van der Waals surface area contributed by atoms with Crippen molar-refractivity contribution in [3.8, 4) is 0 Å². The first-order chi connectivity index (χ1) is 4.31. The summed E-state index contributed by atoms with van der Waals surface area (Å²) in [7, 11) is 0. The Morgan fingerprint density at radius 1 is 1.56 bits per heavy atom. The summed E-state index contributed by atoms with van der Waals surface area (Å²) in [6.07, 6.45) is 7.70. The Hall–Kier alpha value is -0.0800. The van der Waals surface area contributed by atoms with Crippen LogP contribution in [0.15, 0.2) is 35.1 Å². The van der Waals surface area contributed by atoms with Crippen LogP contribution < -0.4 is 0 Å². The molecule has 0 saturated heterocycles. The van der Waals surface area contributed by atoms with Gasteiger partial charge in [-0.3, -0.25) is 0 Å². The summed E-state index contributed by atoms with van der Waals surface area (Å²) in [4.78, 5) is 1.06. The van der Waals surface area contributed by atoms with E-state index in [1.54, 1.807) is 17.2 Å². The SMILES string of the molecule is C=C(/C=C/C=C\S)SC. The van der Waals surface area contributed by atoms with E-state index in [-0.39, 0.29) is 0 Å². The fraction of sp³-hybridized carbons (Fsp3) is 0.143. The molecule has 0 rings (SSSR count). The van der Waals surface area contributed by atoms with E-state index in [9.17, 15) is 0 Å². The zero-order chi connectivity index (χ0) is 7.11. The van der Waals surface area contributed by atoms with E-state index < -0.39 is 0 Å². The van der Waals surface area contributed by atoms with Gasteiger partial charge >= 0.3 is 0 Å². The minimum absolute atomic E-state index is 1.06. The van der Waals surface area contributed by atoms with Gasteiger partial charge in [-0.1, -0.05) is 18.7 Å². The molecule has 0 nitrogen and oxygen atoms in total. The zero-order valence-electron chi connectivity index (χ0n) is 5.37. The molecule has 0 aromatic heterocycles. The lowest BCUT2D eigenvalue weighted by atomic mass is 10.5. The number of hydrogen-bond acceptors (Lipinski definition) is 2. The van der Waals surface area contributed by atoms with Gasteiger partial charge in [0.2, 0.25) is 0 Å². The van der Waals surface area contributed by atoms with E-state index in [1.165, 1.54) is 0 Å². The van der Waals surface area contributed by atoms with Gasteiger partial charge in [0.25, 0.3) is 0 Å². The molecular weight excluding hydrogens is 148 g/mol. The monoisotopic (exact) mass is 158 g/mol. The molecule has 0 aliphatic carbocycles. The number of allylic oxidation sites excluding steroid dienone is 3. The van der Waals surface area contributed by atoms with Crippen molar-refractivity contribution < 1.29 is 0 Å². The topological polar surface area (TPSA) is 0 Å².